The van der Waals surface area contributed by atoms with Gasteiger partial charge >= 0.3 is 6.09 Å². The minimum atomic E-state index is -1.20. The molecule has 0 fully saturated rings. The van der Waals surface area contributed by atoms with Crippen molar-refractivity contribution < 1.29 is 23.9 Å². The van der Waals surface area contributed by atoms with Crippen molar-refractivity contribution >= 4 is 41.1 Å². The molecule has 0 aliphatic heterocycles. The van der Waals surface area contributed by atoms with Gasteiger partial charge in [-0.25, -0.2) is 4.79 Å². The van der Waals surface area contributed by atoms with E-state index in [1.165, 1.54) is 4.90 Å². The van der Waals surface area contributed by atoms with Crippen LogP contribution in [0.2, 0.25) is 5.02 Å². The van der Waals surface area contributed by atoms with Gasteiger partial charge in [0.05, 0.1) is 10.7 Å². The number of benzene rings is 2. The molecule has 2 unspecified atom stereocenters. The summed E-state index contributed by atoms with van der Waals surface area (Å²) in [5.41, 5.74) is 6.49. The Bertz CT molecular complexity index is 1260. The van der Waals surface area contributed by atoms with Crippen LogP contribution in [0.4, 0.5) is 10.5 Å². The first-order valence-electron chi connectivity index (χ1n) is 13.0. The second-order valence-corrected chi connectivity index (χ2v) is 10.7. The van der Waals surface area contributed by atoms with Crippen molar-refractivity contribution in [3.8, 4) is 12.3 Å². The topological polar surface area (TPSA) is 131 Å². The molecule has 0 heterocycles. The van der Waals surface area contributed by atoms with Crippen LogP contribution < -0.4 is 16.4 Å². The van der Waals surface area contributed by atoms with E-state index in [1.54, 1.807) is 70.2 Å². The Labute approximate surface area is 240 Å². The zero-order valence-electron chi connectivity index (χ0n) is 23.5. The molecule has 4 N–H and O–H groups in total. The number of hydrogen-bond donors (Lipinski definition) is 3. The van der Waals surface area contributed by atoms with Crippen LogP contribution in [0.5, 0.6) is 0 Å². The van der Waals surface area contributed by atoms with Gasteiger partial charge in [0.1, 0.15) is 17.7 Å². The highest BCUT2D eigenvalue weighted by molar-refractivity contribution is 6.34. The highest BCUT2D eigenvalue weighted by Gasteiger charge is 2.37. The van der Waals surface area contributed by atoms with Gasteiger partial charge in [-0.15, -0.1) is 6.42 Å². The first kappa shape index (κ1) is 32.2. The Morgan fingerprint density at radius 2 is 1.80 bits per heavy atom. The zero-order valence-corrected chi connectivity index (χ0v) is 24.3. The summed E-state index contributed by atoms with van der Waals surface area (Å²) in [5, 5.41) is 5.75. The van der Waals surface area contributed by atoms with Gasteiger partial charge in [0.15, 0.2) is 0 Å². The number of amides is 4. The molecule has 2 atom stereocenters. The van der Waals surface area contributed by atoms with Gasteiger partial charge in [-0.05, 0) is 63.8 Å². The fraction of sp³-hybridized carbons (Fsp3) is 0.400. The normalized spacial score (nSPS) is 12.4. The van der Waals surface area contributed by atoms with E-state index in [1.807, 2.05) is 6.92 Å². The number of alkyl carbamates (subject to hydrolysis) is 1. The van der Waals surface area contributed by atoms with Gasteiger partial charge in [-0.1, -0.05) is 54.8 Å². The highest BCUT2D eigenvalue weighted by Crippen LogP contribution is 2.31. The molecule has 40 heavy (non-hydrogen) atoms. The summed E-state index contributed by atoms with van der Waals surface area (Å²) in [6, 6.07) is 9.61. The van der Waals surface area contributed by atoms with Gasteiger partial charge in [0, 0.05) is 18.5 Å². The molecule has 0 aromatic heterocycles. The smallest absolute Gasteiger partial charge is 0.408 e. The molecule has 0 saturated carbocycles. The standard InChI is InChI=1S/C30H37ClN4O5/c1-7-18-35(28(38)23(16-17-24(32)36)33-29(39)40-30(4,5)6)26(21-14-10-9-13-20(21)8-2)27(37)34-25-19(3)12-11-15-22(25)31/h2,9-15,23,26H,7,16-18H2,1,3-6H3,(H2,32,36)(H,33,39)(H,34,37). The average molecular weight is 569 g/mol. The molecule has 0 bridgehead atoms. The number of primary amides is 1. The molecule has 4 amide bonds. The first-order valence-corrected chi connectivity index (χ1v) is 13.4. The number of halogens is 1. The number of hydrogen-bond acceptors (Lipinski definition) is 5. The average Bonchev–Trinajstić information content (AvgIpc) is 2.87. The van der Waals surface area contributed by atoms with E-state index in [0.29, 0.717) is 28.3 Å². The van der Waals surface area contributed by atoms with Crippen LogP contribution >= 0.6 is 11.6 Å². The van der Waals surface area contributed by atoms with Crippen LogP contribution in [0.3, 0.4) is 0 Å². The number of terminal acetylenes is 1. The van der Waals surface area contributed by atoms with E-state index < -0.39 is 41.5 Å². The van der Waals surface area contributed by atoms with Gasteiger partial charge in [-0.3, -0.25) is 14.4 Å². The fourth-order valence-corrected chi connectivity index (χ4v) is 4.37. The van der Waals surface area contributed by atoms with Gasteiger partial charge in [-0.2, -0.15) is 0 Å². The summed E-state index contributed by atoms with van der Waals surface area (Å²) in [5.74, 6) is 0.790. The van der Waals surface area contributed by atoms with Crippen molar-refractivity contribution in [1.29, 1.82) is 0 Å². The molecular formula is C30H37ClN4O5. The van der Waals surface area contributed by atoms with Crippen LogP contribution in [0, 0.1) is 19.3 Å². The molecule has 2 rings (SSSR count). The Morgan fingerprint density at radius 3 is 2.38 bits per heavy atom. The van der Waals surface area contributed by atoms with E-state index in [0.717, 1.165) is 5.56 Å². The summed E-state index contributed by atoms with van der Waals surface area (Å²) in [6.45, 7) is 8.84. The molecule has 0 radical (unpaired) electrons. The van der Waals surface area contributed by atoms with Crippen LogP contribution in [0.15, 0.2) is 42.5 Å². The summed E-state index contributed by atoms with van der Waals surface area (Å²) >= 11 is 6.38. The molecule has 9 nitrogen and oxygen atoms in total. The largest absolute Gasteiger partial charge is 0.444 e. The second kappa shape index (κ2) is 14.4. The van der Waals surface area contributed by atoms with Crippen molar-refractivity contribution in [3.05, 3.63) is 64.2 Å². The molecule has 2 aromatic rings. The van der Waals surface area contributed by atoms with E-state index in [2.05, 4.69) is 16.6 Å². The lowest BCUT2D eigenvalue weighted by Gasteiger charge is -2.35. The van der Waals surface area contributed by atoms with Crippen molar-refractivity contribution in [1.82, 2.24) is 10.2 Å². The van der Waals surface area contributed by atoms with Crippen molar-refractivity contribution in [3.63, 3.8) is 0 Å². The first-order chi connectivity index (χ1) is 18.8. The van der Waals surface area contributed by atoms with Crippen molar-refractivity contribution in [2.75, 3.05) is 11.9 Å². The van der Waals surface area contributed by atoms with Crippen LogP contribution in [-0.4, -0.2) is 46.9 Å². The molecule has 214 valence electrons. The quantitative estimate of drug-likeness (QED) is 0.338. The number of aryl methyl sites for hydroxylation is 1. The number of para-hydroxylation sites is 1. The number of anilines is 1. The van der Waals surface area contributed by atoms with E-state index >= 15 is 0 Å². The Balaban J connectivity index is 2.61. The van der Waals surface area contributed by atoms with Gasteiger partial charge in [0.2, 0.25) is 11.8 Å². The molecular weight excluding hydrogens is 532 g/mol. The van der Waals surface area contributed by atoms with Gasteiger partial charge in [0.25, 0.3) is 5.91 Å². The Morgan fingerprint density at radius 1 is 1.12 bits per heavy atom. The molecule has 0 aliphatic carbocycles. The van der Waals surface area contributed by atoms with Crippen molar-refractivity contribution in [2.45, 2.75) is 71.6 Å². The zero-order chi connectivity index (χ0) is 30.0. The number of nitrogens with one attached hydrogen (secondary N) is 2. The maximum atomic E-state index is 14.1. The summed E-state index contributed by atoms with van der Waals surface area (Å²) in [4.78, 5) is 53.7. The molecule has 0 spiro atoms. The number of carbonyl (C=O) groups is 4. The predicted molar refractivity (Wildman–Crippen MR) is 156 cm³/mol. The SMILES string of the molecule is C#Cc1ccccc1C(C(=O)Nc1c(C)cccc1Cl)N(CCC)C(=O)C(CCC(N)=O)NC(=O)OC(C)(C)C. The number of rotatable bonds is 11. The maximum absolute atomic E-state index is 14.1. The van der Waals surface area contributed by atoms with Crippen LogP contribution in [0.25, 0.3) is 0 Å². The summed E-state index contributed by atoms with van der Waals surface area (Å²) < 4.78 is 5.34. The number of nitrogens with two attached hydrogens (primary N) is 1. The van der Waals surface area contributed by atoms with Crippen LogP contribution in [-0.2, 0) is 19.1 Å². The van der Waals surface area contributed by atoms with Crippen LogP contribution in [0.1, 0.15) is 69.7 Å². The Kier molecular flexibility index (Phi) is 11.6. The third kappa shape index (κ3) is 9.02. The second-order valence-electron chi connectivity index (χ2n) is 10.3. The summed E-state index contributed by atoms with van der Waals surface area (Å²) in [7, 11) is 0. The lowest BCUT2D eigenvalue weighted by molar-refractivity contribution is -0.141. The fourth-order valence-electron chi connectivity index (χ4n) is 4.10. The minimum Gasteiger partial charge on any atom is -0.444 e. The third-order valence-electron chi connectivity index (χ3n) is 5.86. The summed E-state index contributed by atoms with van der Waals surface area (Å²) in [6.07, 6.45) is 5.14. The molecule has 2 aromatic carbocycles. The monoisotopic (exact) mass is 568 g/mol. The van der Waals surface area contributed by atoms with E-state index in [4.69, 9.17) is 28.5 Å². The number of carbonyl (C=O) groups excluding carboxylic acids is 4. The molecule has 0 saturated heterocycles. The lowest BCUT2D eigenvalue weighted by Crippen LogP contribution is -2.53. The van der Waals surface area contributed by atoms with E-state index in [-0.39, 0.29) is 19.4 Å². The third-order valence-corrected chi connectivity index (χ3v) is 6.17. The predicted octanol–water partition coefficient (Wildman–Crippen LogP) is 4.71. The van der Waals surface area contributed by atoms with E-state index in [9.17, 15) is 19.2 Å². The molecule has 0 aliphatic rings. The Hall–Kier alpha value is -4.03. The number of ether oxygens (including phenoxy) is 1. The molecule has 10 heteroatoms. The highest BCUT2D eigenvalue weighted by atomic mass is 35.5. The van der Waals surface area contributed by atoms with Crippen molar-refractivity contribution in [2.24, 2.45) is 5.73 Å². The number of nitrogens with zero attached hydrogens (tertiary/aromatic N) is 1. The lowest BCUT2D eigenvalue weighted by atomic mass is 9.96. The minimum absolute atomic E-state index is 0.0949. The van der Waals surface area contributed by atoms with Gasteiger partial charge < -0.3 is 26.0 Å². The maximum Gasteiger partial charge on any atom is 0.408 e.